The van der Waals surface area contributed by atoms with Crippen LogP contribution in [0.15, 0.2) is 24.3 Å². The first kappa shape index (κ1) is 19.6. The molecule has 0 unspecified atom stereocenters. The Morgan fingerprint density at radius 3 is 2.38 bits per heavy atom. The van der Waals surface area contributed by atoms with E-state index < -0.39 is 23.5 Å². The molecule has 1 N–H and O–H groups in total. The van der Waals surface area contributed by atoms with Crippen molar-refractivity contribution in [2.24, 2.45) is 0 Å². The van der Waals surface area contributed by atoms with Crippen molar-refractivity contribution in [1.29, 1.82) is 5.26 Å². The molecule has 1 fully saturated rings. The largest absolute Gasteiger partial charge is 0.497 e. The maximum absolute atomic E-state index is 12.3. The number of rotatable bonds is 7. The fourth-order valence-electron chi connectivity index (χ4n) is 2.86. The summed E-state index contributed by atoms with van der Waals surface area (Å²) in [4.78, 5) is 24.1. The van der Waals surface area contributed by atoms with Crippen LogP contribution in [0.25, 0.3) is 0 Å². The van der Waals surface area contributed by atoms with E-state index in [1.54, 1.807) is 31.4 Å². The molecule has 7 heteroatoms. The Labute approximate surface area is 153 Å². The summed E-state index contributed by atoms with van der Waals surface area (Å²) in [6.45, 7) is 1.17. The van der Waals surface area contributed by atoms with Crippen LogP contribution in [0.3, 0.4) is 0 Å². The Morgan fingerprint density at radius 2 is 1.81 bits per heavy atom. The van der Waals surface area contributed by atoms with Crippen LogP contribution < -0.4 is 14.8 Å². The van der Waals surface area contributed by atoms with Gasteiger partial charge in [0.2, 0.25) is 0 Å². The van der Waals surface area contributed by atoms with Crippen molar-refractivity contribution in [3.8, 4) is 17.6 Å². The minimum Gasteiger partial charge on any atom is -0.497 e. The van der Waals surface area contributed by atoms with E-state index in [1.807, 2.05) is 0 Å². The molecule has 140 valence electrons. The number of carbonyl (C=O) groups excluding carboxylic acids is 2. The van der Waals surface area contributed by atoms with Crippen molar-refractivity contribution >= 4 is 11.9 Å². The Balaban J connectivity index is 1.79. The molecule has 0 heterocycles. The first-order valence-corrected chi connectivity index (χ1v) is 8.67. The molecule has 0 spiro atoms. The third kappa shape index (κ3) is 5.38. The summed E-state index contributed by atoms with van der Waals surface area (Å²) in [6.07, 6.45) is 3.11. The number of carbonyl (C=O) groups is 2. The van der Waals surface area contributed by atoms with Crippen LogP contribution >= 0.6 is 0 Å². The van der Waals surface area contributed by atoms with Gasteiger partial charge in [-0.2, -0.15) is 5.26 Å². The van der Waals surface area contributed by atoms with Gasteiger partial charge in [0.25, 0.3) is 5.91 Å². The van der Waals surface area contributed by atoms with E-state index in [0.717, 1.165) is 19.3 Å². The molecule has 1 saturated carbocycles. The van der Waals surface area contributed by atoms with Crippen molar-refractivity contribution in [2.75, 3.05) is 13.7 Å². The van der Waals surface area contributed by atoms with E-state index in [-0.39, 0.29) is 6.61 Å². The van der Waals surface area contributed by atoms with Gasteiger partial charge in [-0.3, -0.25) is 4.79 Å². The second kappa shape index (κ2) is 9.09. The number of hydrogen-bond donors (Lipinski definition) is 1. The Bertz CT molecular complexity index is 660. The molecule has 1 aromatic carbocycles. The van der Waals surface area contributed by atoms with Gasteiger partial charge >= 0.3 is 5.97 Å². The van der Waals surface area contributed by atoms with E-state index >= 15 is 0 Å². The van der Waals surface area contributed by atoms with Crippen LogP contribution in [0.4, 0.5) is 0 Å². The first-order chi connectivity index (χ1) is 12.5. The standard InChI is InChI=1S/C19H24N2O5/c1-14(18(23)21-19(13-20)10-4-3-5-11-19)26-17(22)12-25-16-8-6-15(24-2)7-9-16/h6-9,14H,3-5,10-12H2,1-2H3,(H,21,23)/t14-/m1/s1. The van der Waals surface area contributed by atoms with Crippen LogP contribution in [0.2, 0.25) is 0 Å². The van der Waals surface area contributed by atoms with E-state index in [2.05, 4.69) is 11.4 Å². The molecule has 0 radical (unpaired) electrons. The lowest BCUT2D eigenvalue weighted by atomic mass is 9.83. The van der Waals surface area contributed by atoms with E-state index in [0.29, 0.717) is 24.3 Å². The number of esters is 1. The maximum Gasteiger partial charge on any atom is 0.344 e. The van der Waals surface area contributed by atoms with Crippen LogP contribution in [-0.2, 0) is 14.3 Å². The highest BCUT2D eigenvalue weighted by molar-refractivity contribution is 5.84. The summed E-state index contributed by atoms with van der Waals surface area (Å²) >= 11 is 0. The average Bonchev–Trinajstić information content (AvgIpc) is 2.67. The number of nitrogens with zero attached hydrogens (tertiary/aromatic N) is 1. The van der Waals surface area contributed by atoms with Crippen LogP contribution in [0.5, 0.6) is 11.5 Å². The minimum absolute atomic E-state index is 0.312. The summed E-state index contributed by atoms with van der Waals surface area (Å²) in [7, 11) is 1.56. The summed E-state index contributed by atoms with van der Waals surface area (Å²) in [6, 6.07) is 8.96. The highest BCUT2D eigenvalue weighted by atomic mass is 16.6. The highest BCUT2D eigenvalue weighted by Gasteiger charge is 2.35. The maximum atomic E-state index is 12.3. The van der Waals surface area contributed by atoms with Gasteiger partial charge in [0.05, 0.1) is 13.2 Å². The molecule has 0 bridgehead atoms. The molecule has 2 rings (SSSR count). The van der Waals surface area contributed by atoms with Crippen molar-refractivity contribution in [3.63, 3.8) is 0 Å². The summed E-state index contributed by atoms with van der Waals surface area (Å²) in [5, 5.41) is 12.1. The van der Waals surface area contributed by atoms with E-state index in [1.165, 1.54) is 6.92 Å². The predicted molar refractivity (Wildman–Crippen MR) is 93.6 cm³/mol. The number of hydrogen-bond acceptors (Lipinski definition) is 6. The summed E-state index contributed by atoms with van der Waals surface area (Å²) in [5.41, 5.74) is -0.852. The van der Waals surface area contributed by atoms with E-state index in [9.17, 15) is 14.9 Å². The van der Waals surface area contributed by atoms with Gasteiger partial charge < -0.3 is 19.5 Å². The highest BCUT2D eigenvalue weighted by Crippen LogP contribution is 2.27. The molecule has 1 aliphatic rings. The smallest absolute Gasteiger partial charge is 0.344 e. The van der Waals surface area contributed by atoms with Crippen molar-refractivity contribution in [1.82, 2.24) is 5.32 Å². The number of benzene rings is 1. The number of amides is 1. The molecule has 0 aromatic heterocycles. The minimum atomic E-state index is -0.992. The Morgan fingerprint density at radius 1 is 1.19 bits per heavy atom. The molecule has 7 nitrogen and oxygen atoms in total. The molecule has 0 aliphatic heterocycles. The van der Waals surface area contributed by atoms with Crippen LogP contribution in [0.1, 0.15) is 39.0 Å². The second-order valence-electron chi connectivity index (χ2n) is 6.34. The van der Waals surface area contributed by atoms with Gasteiger partial charge in [-0.15, -0.1) is 0 Å². The molecular weight excluding hydrogens is 336 g/mol. The Hall–Kier alpha value is -2.75. The quantitative estimate of drug-likeness (QED) is 0.750. The molecule has 1 amide bonds. The first-order valence-electron chi connectivity index (χ1n) is 8.67. The molecule has 1 aliphatic carbocycles. The molecule has 1 atom stereocenters. The van der Waals surface area contributed by atoms with Gasteiger partial charge in [-0.1, -0.05) is 19.3 Å². The van der Waals surface area contributed by atoms with Crippen LogP contribution in [-0.4, -0.2) is 37.2 Å². The van der Waals surface area contributed by atoms with Crippen molar-refractivity contribution in [2.45, 2.75) is 50.7 Å². The number of methoxy groups -OCH3 is 1. The number of ether oxygens (including phenoxy) is 3. The van der Waals surface area contributed by atoms with Gasteiger partial charge in [0, 0.05) is 0 Å². The third-order valence-corrected chi connectivity index (χ3v) is 4.38. The number of nitrogens with one attached hydrogen (secondary N) is 1. The summed E-state index contributed by atoms with van der Waals surface area (Å²) in [5.74, 6) is 0.0502. The molecular formula is C19H24N2O5. The third-order valence-electron chi connectivity index (χ3n) is 4.38. The van der Waals surface area contributed by atoms with Gasteiger partial charge in [0.1, 0.15) is 17.0 Å². The van der Waals surface area contributed by atoms with E-state index in [4.69, 9.17) is 14.2 Å². The van der Waals surface area contributed by atoms with Gasteiger partial charge in [-0.25, -0.2) is 4.79 Å². The second-order valence-corrected chi connectivity index (χ2v) is 6.34. The van der Waals surface area contributed by atoms with Crippen molar-refractivity contribution < 1.29 is 23.8 Å². The van der Waals surface area contributed by atoms with Crippen LogP contribution in [0, 0.1) is 11.3 Å². The summed E-state index contributed by atoms with van der Waals surface area (Å²) < 4.78 is 15.5. The van der Waals surface area contributed by atoms with Crippen molar-refractivity contribution in [3.05, 3.63) is 24.3 Å². The average molecular weight is 360 g/mol. The zero-order chi connectivity index (χ0) is 19.0. The van der Waals surface area contributed by atoms with Gasteiger partial charge in [0.15, 0.2) is 12.7 Å². The SMILES string of the molecule is COc1ccc(OCC(=O)O[C@H](C)C(=O)NC2(C#N)CCCCC2)cc1. The predicted octanol–water partition coefficient (Wildman–Crippen LogP) is 2.35. The molecule has 26 heavy (non-hydrogen) atoms. The Kier molecular flexibility index (Phi) is 6.84. The lowest BCUT2D eigenvalue weighted by molar-refractivity contribution is -0.157. The number of nitriles is 1. The topological polar surface area (TPSA) is 97.7 Å². The lowest BCUT2D eigenvalue weighted by Gasteiger charge is -2.32. The zero-order valence-corrected chi connectivity index (χ0v) is 15.1. The molecule has 0 saturated heterocycles. The van der Waals surface area contributed by atoms with Gasteiger partial charge in [-0.05, 0) is 44.0 Å². The fraction of sp³-hybridized carbons (Fsp3) is 0.526. The molecule has 1 aromatic rings. The zero-order valence-electron chi connectivity index (χ0n) is 15.1. The monoisotopic (exact) mass is 360 g/mol. The normalized spacial score (nSPS) is 16.7. The fourth-order valence-corrected chi connectivity index (χ4v) is 2.86. The lowest BCUT2D eigenvalue weighted by Crippen LogP contribution is -2.52.